The van der Waals surface area contributed by atoms with E-state index in [1.807, 2.05) is 0 Å². The molecular weight excluding hydrogens is 555 g/mol. The van der Waals surface area contributed by atoms with E-state index in [0.717, 1.165) is 22.7 Å². The second kappa shape index (κ2) is 9.60. The maximum absolute atomic E-state index is 3.71. The van der Waals surface area contributed by atoms with E-state index in [2.05, 4.69) is 181 Å². The zero-order valence-corrected chi connectivity index (χ0v) is 25.1. The van der Waals surface area contributed by atoms with E-state index >= 15 is 0 Å². The minimum atomic E-state index is -0.389. The van der Waals surface area contributed by atoms with E-state index in [-0.39, 0.29) is 5.41 Å². The summed E-state index contributed by atoms with van der Waals surface area (Å²) in [6.07, 6.45) is 0. The molecule has 3 heteroatoms. The summed E-state index contributed by atoms with van der Waals surface area (Å²) in [7, 11) is 2.33. The molecule has 0 saturated heterocycles. The molecule has 7 aromatic rings. The lowest BCUT2D eigenvalue weighted by Crippen LogP contribution is -2.38. The van der Waals surface area contributed by atoms with Gasteiger partial charge in [-0.3, -0.25) is 0 Å². The molecule has 213 valence electrons. The van der Waals surface area contributed by atoms with Crippen molar-refractivity contribution >= 4 is 46.6 Å². The summed E-state index contributed by atoms with van der Waals surface area (Å²) in [4.78, 5) is 2.46. The molecule has 1 aliphatic heterocycles. The molecule has 1 N–H and O–H groups in total. The van der Waals surface area contributed by atoms with Crippen molar-refractivity contribution in [3.63, 3.8) is 0 Å². The number of nitrogens with zero attached hydrogens (tertiary/aromatic N) is 1. The van der Waals surface area contributed by atoms with E-state index in [4.69, 9.17) is 0 Å². The highest BCUT2D eigenvalue weighted by molar-refractivity contribution is 6.73. The summed E-state index contributed by atoms with van der Waals surface area (Å²) in [6.45, 7) is 0. The van der Waals surface area contributed by atoms with Gasteiger partial charge in [-0.1, -0.05) is 133 Å². The van der Waals surface area contributed by atoms with Gasteiger partial charge in [-0.15, -0.1) is 0 Å². The zero-order chi connectivity index (χ0) is 30.2. The van der Waals surface area contributed by atoms with E-state index in [0.29, 0.717) is 0 Å². The molecule has 0 bridgehead atoms. The van der Waals surface area contributed by atoms with E-state index in [1.54, 1.807) is 0 Å². The standard InChI is InChI=1S/C43H28BN2/c1-2-14-28(15-3-1)46(40-27-13-25-38-42(40)44-36-23-10-11-24-37(36)45-38)39-26-12-22-35-41(39)31-18-6-9-21-34(31)43(35)32-19-7-4-16-29(32)30-17-5-8-20-33(30)43/h1-27,45H. The Bertz CT molecular complexity index is 2300. The molecule has 0 saturated carbocycles. The summed E-state index contributed by atoms with van der Waals surface area (Å²) < 4.78 is 0. The molecule has 1 heterocycles. The molecule has 0 amide bonds. The molecule has 2 aliphatic carbocycles. The predicted octanol–water partition coefficient (Wildman–Crippen LogP) is 9.21. The summed E-state index contributed by atoms with van der Waals surface area (Å²) in [5.74, 6) is 0. The zero-order valence-electron chi connectivity index (χ0n) is 25.1. The first-order chi connectivity index (χ1) is 22.8. The Hall–Kier alpha value is -5.80. The predicted molar refractivity (Wildman–Crippen MR) is 192 cm³/mol. The normalized spacial score (nSPS) is 13.7. The Labute approximate surface area is 269 Å². The van der Waals surface area contributed by atoms with Crippen LogP contribution in [0.5, 0.6) is 0 Å². The SMILES string of the molecule is [B]1c2ccccc2Nc2cccc(N(c3ccccc3)c3cccc4c3-c3ccccc3C43c4ccccc4-c4ccccc43)c21. The van der Waals surface area contributed by atoms with Crippen LogP contribution in [0.4, 0.5) is 28.4 Å². The fraction of sp³-hybridized carbons (Fsp3) is 0.0233. The Morgan fingerprint density at radius 3 is 1.74 bits per heavy atom. The van der Waals surface area contributed by atoms with Gasteiger partial charge in [0.2, 0.25) is 0 Å². The topological polar surface area (TPSA) is 15.3 Å². The van der Waals surface area contributed by atoms with Crippen molar-refractivity contribution in [2.45, 2.75) is 5.41 Å². The molecule has 0 aromatic heterocycles. The molecule has 1 spiro atoms. The number of para-hydroxylation sites is 2. The number of hydrogen-bond acceptors (Lipinski definition) is 2. The van der Waals surface area contributed by atoms with Crippen molar-refractivity contribution in [1.82, 2.24) is 0 Å². The Morgan fingerprint density at radius 2 is 0.978 bits per heavy atom. The van der Waals surface area contributed by atoms with Gasteiger partial charge in [-0.2, -0.15) is 0 Å². The quantitative estimate of drug-likeness (QED) is 0.209. The molecule has 10 rings (SSSR count). The van der Waals surface area contributed by atoms with Gasteiger partial charge < -0.3 is 10.2 Å². The van der Waals surface area contributed by atoms with Crippen LogP contribution < -0.4 is 21.1 Å². The van der Waals surface area contributed by atoms with Gasteiger partial charge in [0.1, 0.15) is 0 Å². The summed E-state index contributed by atoms with van der Waals surface area (Å²) in [5, 5.41) is 3.71. The highest BCUT2D eigenvalue weighted by Crippen LogP contribution is 2.64. The van der Waals surface area contributed by atoms with Crippen molar-refractivity contribution in [2.75, 3.05) is 10.2 Å². The number of benzene rings is 7. The lowest BCUT2D eigenvalue weighted by Gasteiger charge is -2.33. The molecule has 0 unspecified atom stereocenters. The van der Waals surface area contributed by atoms with E-state index in [1.165, 1.54) is 61.1 Å². The third-order valence-electron chi connectivity index (χ3n) is 10.1. The van der Waals surface area contributed by atoms with Crippen LogP contribution in [-0.2, 0) is 5.41 Å². The van der Waals surface area contributed by atoms with Crippen molar-refractivity contribution in [2.24, 2.45) is 0 Å². The van der Waals surface area contributed by atoms with Crippen LogP contribution in [0.15, 0.2) is 164 Å². The molecule has 3 aliphatic rings. The van der Waals surface area contributed by atoms with Crippen LogP contribution >= 0.6 is 0 Å². The smallest absolute Gasteiger partial charge is 0.199 e. The third kappa shape index (κ3) is 3.32. The molecule has 46 heavy (non-hydrogen) atoms. The first-order valence-corrected chi connectivity index (χ1v) is 16.0. The lowest BCUT2D eigenvalue weighted by atomic mass is 9.60. The van der Waals surface area contributed by atoms with Crippen LogP contribution in [0, 0.1) is 0 Å². The van der Waals surface area contributed by atoms with Gasteiger partial charge >= 0.3 is 0 Å². The van der Waals surface area contributed by atoms with Crippen molar-refractivity contribution in [3.05, 3.63) is 186 Å². The minimum Gasteiger partial charge on any atom is -0.356 e. The third-order valence-corrected chi connectivity index (χ3v) is 10.1. The number of fused-ring (bicyclic) bond motifs is 12. The van der Waals surface area contributed by atoms with Gasteiger partial charge in [0.15, 0.2) is 7.28 Å². The van der Waals surface area contributed by atoms with Crippen molar-refractivity contribution < 1.29 is 0 Å². The highest BCUT2D eigenvalue weighted by Gasteiger charge is 2.52. The van der Waals surface area contributed by atoms with Crippen LogP contribution in [-0.4, -0.2) is 7.28 Å². The summed E-state index contributed by atoms with van der Waals surface area (Å²) in [6, 6.07) is 60.0. The first-order valence-electron chi connectivity index (χ1n) is 16.0. The van der Waals surface area contributed by atoms with Crippen LogP contribution in [0.1, 0.15) is 22.3 Å². The maximum Gasteiger partial charge on any atom is 0.199 e. The highest BCUT2D eigenvalue weighted by atomic mass is 15.1. The van der Waals surface area contributed by atoms with E-state index in [9.17, 15) is 0 Å². The van der Waals surface area contributed by atoms with Crippen LogP contribution in [0.2, 0.25) is 0 Å². The van der Waals surface area contributed by atoms with Gasteiger partial charge in [-0.05, 0) is 80.8 Å². The largest absolute Gasteiger partial charge is 0.356 e. The molecule has 2 nitrogen and oxygen atoms in total. The molecule has 0 atom stereocenters. The van der Waals surface area contributed by atoms with Gasteiger partial charge in [0.05, 0.1) is 11.1 Å². The molecule has 7 aromatic carbocycles. The first kappa shape index (κ1) is 25.5. The maximum atomic E-state index is 3.71. The van der Waals surface area contributed by atoms with Crippen molar-refractivity contribution in [1.29, 1.82) is 0 Å². The molecular formula is C43H28BN2. The number of nitrogens with one attached hydrogen (secondary N) is 1. The summed E-state index contributed by atoms with van der Waals surface area (Å²) >= 11 is 0. The molecule has 1 radical (unpaired) electrons. The average Bonchev–Trinajstić information content (AvgIpc) is 3.59. The van der Waals surface area contributed by atoms with Crippen molar-refractivity contribution in [3.8, 4) is 22.3 Å². The van der Waals surface area contributed by atoms with E-state index < -0.39 is 0 Å². The second-order valence-corrected chi connectivity index (χ2v) is 12.4. The number of hydrogen-bond donors (Lipinski definition) is 1. The van der Waals surface area contributed by atoms with Gasteiger partial charge in [0.25, 0.3) is 0 Å². The van der Waals surface area contributed by atoms with Crippen LogP contribution in [0.3, 0.4) is 0 Å². The fourth-order valence-corrected chi connectivity index (χ4v) is 8.34. The van der Waals surface area contributed by atoms with Gasteiger partial charge in [0, 0.05) is 28.3 Å². The number of anilines is 5. The fourth-order valence-electron chi connectivity index (χ4n) is 8.34. The Kier molecular flexibility index (Phi) is 5.33. The van der Waals surface area contributed by atoms with Crippen LogP contribution in [0.25, 0.3) is 22.3 Å². The second-order valence-electron chi connectivity index (χ2n) is 12.4. The average molecular weight is 584 g/mol. The minimum absolute atomic E-state index is 0.389. The monoisotopic (exact) mass is 583 g/mol. The Morgan fingerprint density at radius 1 is 0.435 bits per heavy atom. The summed E-state index contributed by atoms with van der Waals surface area (Å²) in [5.41, 5.74) is 18.3. The Balaban J connectivity index is 1.28. The molecule has 0 fully saturated rings. The number of rotatable bonds is 3. The lowest BCUT2D eigenvalue weighted by molar-refractivity contribution is 0.794. The van der Waals surface area contributed by atoms with Gasteiger partial charge in [-0.25, -0.2) is 0 Å².